The van der Waals surface area contributed by atoms with Crippen molar-refractivity contribution in [3.05, 3.63) is 65.0 Å². The molecule has 0 saturated carbocycles. The van der Waals surface area contributed by atoms with E-state index >= 15 is 0 Å². The van der Waals surface area contributed by atoms with E-state index in [2.05, 4.69) is 20.5 Å². The quantitative estimate of drug-likeness (QED) is 0.553. The number of aryl methyl sites for hydroxylation is 1. The van der Waals surface area contributed by atoms with Gasteiger partial charge in [0.1, 0.15) is 18.2 Å². The Morgan fingerprint density at radius 3 is 2.41 bits per heavy atom. The number of aliphatic imine (C=N–C) groups is 1. The van der Waals surface area contributed by atoms with Crippen LogP contribution in [-0.4, -0.2) is 45.2 Å². The first-order chi connectivity index (χ1) is 13.0. The summed E-state index contributed by atoms with van der Waals surface area (Å²) >= 11 is 0. The minimum Gasteiger partial charge on any atom is -0.492 e. The van der Waals surface area contributed by atoms with Crippen molar-refractivity contribution >= 4 is 5.96 Å². The topological polar surface area (TPSA) is 48.9 Å². The van der Waals surface area contributed by atoms with E-state index < -0.39 is 0 Å². The van der Waals surface area contributed by atoms with Gasteiger partial charge >= 0.3 is 0 Å². The molecule has 0 unspecified atom stereocenters. The number of rotatable bonds is 8. The molecule has 146 valence electrons. The molecule has 6 heteroatoms. The van der Waals surface area contributed by atoms with Crippen LogP contribution < -0.4 is 15.4 Å². The summed E-state index contributed by atoms with van der Waals surface area (Å²) in [7, 11) is 5.77. The monoisotopic (exact) mass is 372 g/mol. The van der Waals surface area contributed by atoms with E-state index in [-0.39, 0.29) is 5.82 Å². The molecule has 0 atom stereocenters. The normalized spacial score (nSPS) is 11.6. The second kappa shape index (κ2) is 10.5. The van der Waals surface area contributed by atoms with Crippen LogP contribution in [0, 0.1) is 12.7 Å². The maximum atomic E-state index is 13.4. The lowest BCUT2D eigenvalue weighted by Gasteiger charge is -2.14. The molecule has 0 spiro atoms. The first kappa shape index (κ1) is 20.7. The molecular weight excluding hydrogens is 343 g/mol. The molecule has 27 heavy (non-hydrogen) atoms. The lowest BCUT2D eigenvalue weighted by molar-refractivity contribution is 0.261. The van der Waals surface area contributed by atoms with Gasteiger partial charge in [0.15, 0.2) is 5.96 Å². The van der Waals surface area contributed by atoms with Gasteiger partial charge in [-0.25, -0.2) is 4.39 Å². The number of benzene rings is 2. The molecule has 5 nitrogen and oxygen atoms in total. The second-order valence-electron chi connectivity index (χ2n) is 6.66. The minimum absolute atomic E-state index is 0.186. The fourth-order valence-corrected chi connectivity index (χ4v) is 2.50. The first-order valence-corrected chi connectivity index (χ1v) is 9.04. The van der Waals surface area contributed by atoms with Crippen LogP contribution in [0.25, 0.3) is 0 Å². The van der Waals surface area contributed by atoms with Crippen LogP contribution >= 0.6 is 0 Å². The highest BCUT2D eigenvalue weighted by Crippen LogP contribution is 2.13. The predicted octanol–water partition coefficient (Wildman–Crippen LogP) is 2.94. The van der Waals surface area contributed by atoms with Crippen molar-refractivity contribution < 1.29 is 9.13 Å². The van der Waals surface area contributed by atoms with Gasteiger partial charge in [-0.1, -0.05) is 24.3 Å². The highest BCUT2D eigenvalue weighted by Gasteiger charge is 2.03. The molecule has 0 aromatic heterocycles. The number of ether oxygens (including phenoxy) is 1. The molecular formula is C21H29FN4O. The summed E-state index contributed by atoms with van der Waals surface area (Å²) in [4.78, 5) is 6.32. The molecule has 0 aliphatic rings. The van der Waals surface area contributed by atoms with Gasteiger partial charge in [-0.3, -0.25) is 4.99 Å². The number of hydrogen-bond donors (Lipinski definition) is 2. The average Bonchev–Trinajstić information content (AvgIpc) is 2.65. The highest BCUT2D eigenvalue weighted by atomic mass is 19.1. The molecule has 2 N–H and O–H groups in total. The summed E-state index contributed by atoms with van der Waals surface area (Å²) in [5.74, 6) is 1.37. The third-order valence-corrected chi connectivity index (χ3v) is 4.07. The summed E-state index contributed by atoms with van der Waals surface area (Å²) in [5, 5.41) is 6.53. The molecule has 0 radical (unpaired) electrons. The molecule has 0 amide bonds. The third kappa shape index (κ3) is 7.27. The van der Waals surface area contributed by atoms with Crippen LogP contribution in [0.2, 0.25) is 0 Å². The van der Waals surface area contributed by atoms with Crippen LogP contribution in [0.3, 0.4) is 0 Å². The van der Waals surface area contributed by atoms with E-state index in [9.17, 15) is 4.39 Å². The summed E-state index contributed by atoms with van der Waals surface area (Å²) in [5.41, 5.74) is 2.76. The summed E-state index contributed by atoms with van der Waals surface area (Å²) < 4.78 is 19.1. The van der Waals surface area contributed by atoms with Crippen LogP contribution in [0.15, 0.2) is 47.5 Å². The number of likely N-dealkylation sites (N-methyl/N-ethyl adjacent to an activating group) is 1. The van der Waals surface area contributed by atoms with E-state index in [1.165, 1.54) is 6.07 Å². The van der Waals surface area contributed by atoms with E-state index in [0.29, 0.717) is 31.2 Å². The lowest BCUT2D eigenvalue weighted by atomic mass is 10.1. The van der Waals surface area contributed by atoms with Gasteiger partial charge in [0, 0.05) is 26.7 Å². The van der Waals surface area contributed by atoms with Crippen molar-refractivity contribution in [3.8, 4) is 5.75 Å². The third-order valence-electron chi connectivity index (χ3n) is 4.07. The molecule has 0 aliphatic carbocycles. The lowest BCUT2D eigenvalue weighted by Crippen LogP contribution is -2.36. The van der Waals surface area contributed by atoms with Gasteiger partial charge in [-0.05, 0) is 55.9 Å². The molecule has 0 heterocycles. The van der Waals surface area contributed by atoms with Gasteiger partial charge < -0.3 is 20.3 Å². The summed E-state index contributed by atoms with van der Waals surface area (Å²) in [6.07, 6.45) is 0. The van der Waals surface area contributed by atoms with Crippen LogP contribution in [-0.2, 0) is 13.1 Å². The zero-order valence-corrected chi connectivity index (χ0v) is 16.6. The van der Waals surface area contributed by atoms with Gasteiger partial charge in [0.2, 0.25) is 0 Å². The standard InChI is InChI=1S/C21H29FN4O/c1-16-12-18(8-9-20(16)22)15-25-21(23-2)24-14-17-6-5-7-19(13-17)27-11-10-26(3)4/h5-9,12-13H,10-11,14-15H2,1-4H3,(H2,23,24,25). The zero-order valence-electron chi connectivity index (χ0n) is 16.6. The Kier molecular flexibility index (Phi) is 8.07. The second-order valence-corrected chi connectivity index (χ2v) is 6.66. The van der Waals surface area contributed by atoms with E-state index in [4.69, 9.17) is 4.74 Å². The number of guanidine groups is 1. The Balaban J connectivity index is 1.83. The van der Waals surface area contributed by atoms with Crippen LogP contribution in [0.5, 0.6) is 5.75 Å². The van der Waals surface area contributed by atoms with E-state index in [1.54, 1.807) is 20.0 Å². The molecule has 0 bridgehead atoms. The molecule has 0 aliphatic heterocycles. The van der Waals surface area contributed by atoms with Gasteiger partial charge in [-0.2, -0.15) is 0 Å². The van der Waals surface area contributed by atoms with Crippen LogP contribution in [0.1, 0.15) is 16.7 Å². The minimum atomic E-state index is -0.186. The maximum Gasteiger partial charge on any atom is 0.191 e. The number of halogens is 1. The molecule has 0 fully saturated rings. The Hall–Kier alpha value is -2.60. The summed E-state index contributed by atoms with van der Waals surface area (Å²) in [6, 6.07) is 13.1. The number of nitrogens with zero attached hydrogens (tertiary/aromatic N) is 2. The van der Waals surface area contributed by atoms with Crippen molar-refractivity contribution in [2.75, 3.05) is 34.3 Å². The Bertz CT molecular complexity index is 762. The van der Waals surface area contributed by atoms with Crippen molar-refractivity contribution in [1.29, 1.82) is 0 Å². The molecule has 0 saturated heterocycles. The fourth-order valence-electron chi connectivity index (χ4n) is 2.50. The Morgan fingerprint density at radius 2 is 1.78 bits per heavy atom. The van der Waals surface area contributed by atoms with E-state index in [1.807, 2.05) is 44.4 Å². The molecule has 2 aromatic rings. The van der Waals surface area contributed by atoms with Gasteiger partial charge in [0.05, 0.1) is 0 Å². The summed E-state index contributed by atoms with van der Waals surface area (Å²) in [6.45, 7) is 4.51. The van der Waals surface area contributed by atoms with Crippen molar-refractivity contribution in [1.82, 2.24) is 15.5 Å². The number of nitrogens with one attached hydrogen (secondary N) is 2. The van der Waals surface area contributed by atoms with Gasteiger partial charge in [0.25, 0.3) is 0 Å². The number of hydrogen-bond acceptors (Lipinski definition) is 3. The van der Waals surface area contributed by atoms with Crippen LogP contribution in [0.4, 0.5) is 4.39 Å². The van der Waals surface area contributed by atoms with Gasteiger partial charge in [-0.15, -0.1) is 0 Å². The van der Waals surface area contributed by atoms with E-state index in [0.717, 1.165) is 23.4 Å². The average molecular weight is 372 g/mol. The van der Waals surface area contributed by atoms with Crippen molar-refractivity contribution in [3.63, 3.8) is 0 Å². The Labute approximate surface area is 161 Å². The largest absolute Gasteiger partial charge is 0.492 e. The van der Waals surface area contributed by atoms with Crippen molar-refractivity contribution in [2.24, 2.45) is 4.99 Å². The Morgan fingerprint density at radius 1 is 1.07 bits per heavy atom. The zero-order chi connectivity index (χ0) is 19.6. The smallest absolute Gasteiger partial charge is 0.191 e. The molecule has 2 rings (SSSR count). The fraction of sp³-hybridized carbons (Fsp3) is 0.381. The predicted molar refractivity (Wildman–Crippen MR) is 109 cm³/mol. The SMILES string of the molecule is CN=C(NCc1cccc(OCCN(C)C)c1)NCc1ccc(F)c(C)c1. The van der Waals surface area contributed by atoms with Crippen molar-refractivity contribution in [2.45, 2.75) is 20.0 Å². The maximum absolute atomic E-state index is 13.4. The highest BCUT2D eigenvalue weighted by molar-refractivity contribution is 5.79. The molecule has 2 aromatic carbocycles. The first-order valence-electron chi connectivity index (χ1n) is 9.04.